The Bertz CT molecular complexity index is 1510. The van der Waals surface area contributed by atoms with Crippen LogP contribution in [0, 0.1) is 10.1 Å². The number of ether oxygens (including phenoxy) is 1. The molecule has 0 fully saturated rings. The fourth-order valence-corrected chi connectivity index (χ4v) is 5.68. The van der Waals surface area contributed by atoms with Gasteiger partial charge in [-0.05, 0) is 30.3 Å². The molecule has 11 nitrogen and oxygen atoms in total. The lowest BCUT2D eigenvalue weighted by molar-refractivity contribution is -0.384. The number of benzene rings is 2. The van der Waals surface area contributed by atoms with Crippen LogP contribution in [0.2, 0.25) is 0 Å². The topological polar surface area (TPSA) is 141 Å². The minimum atomic E-state index is -3.84. The van der Waals surface area contributed by atoms with Gasteiger partial charge in [-0.1, -0.05) is 23.5 Å². The predicted molar refractivity (Wildman–Crippen MR) is 134 cm³/mol. The Labute approximate surface area is 210 Å². The minimum Gasteiger partial charge on any atom is -0.468 e. The summed E-state index contributed by atoms with van der Waals surface area (Å²) in [5.41, 5.74) is 0.431. The van der Waals surface area contributed by atoms with Crippen molar-refractivity contribution in [3.8, 4) is 0 Å². The molecule has 0 radical (unpaired) electrons. The summed E-state index contributed by atoms with van der Waals surface area (Å²) in [6, 6.07) is 9.35. The van der Waals surface area contributed by atoms with E-state index in [2.05, 4.69) is 18.2 Å². The molecular weight excluding hydrogens is 508 g/mol. The molecule has 0 unspecified atom stereocenters. The Morgan fingerprint density at radius 3 is 2.36 bits per heavy atom. The molecule has 13 heteroatoms. The number of rotatable bonds is 10. The van der Waals surface area contributed by atoms with Gasteiger partial charge in [0.15, 0.2) is 4.80 Å². The Morgan fingerprint density at radius 1 is 1.17 bits per heavy atom. The zero-order chi connectivity index (χ0) is 26.5. The Kier molecular flexibility index (Phi) is 8.29. The zero-order valence-electron chi connectivity index (χ0n) is 19.2. The molecule has 0 spiro atoms. The number of esters is 1. The first kappa shape index (κ1) is 26.7. The summed E-state index contributed by atoms with van der Waals surface area (Å²) in [5.74, 6) is -1.28. The number of fused-ring (bicyclic) bond motifs is 1. The summed E-state index contributed by atoms with van der Waals surface area (Å²) in [6.45, 7) is 7.05. The second-order valence-electron chi connectivity index (χ2n) is 7.30. The number of amides is 1. The van der Waals surface area contributed by atoms with Crippen molar-refractivity contribution in [1.29, 1.82) is 0 Å². The van der Waals surface area contributed by atoms with Crippen molar-refractivity contribution in [3.63, 3.8) is 0 Å². The number of methoxy groups -OCH3 is 1. The molecule has 0 saturated carbocycles. The largest absolute Gasteiger partial charge is 0.468 e. The van der Waals surface area contributed by atoms with E-state index < -0.39 is 26.8 Å². The number of sulfonamides is 1. The van der Waals surface area contributed by atoms with Crippen molar-refractivity contribution < 1.29 is 27.7 Å². The van der Waals surface area contributed by atoms with Gasteiger partial charge in [0.1, 0.15) is 6.54 Å². The molecule has 1 heterocycles. The highest BCUT2D eigenvalue weighted by molar-refractivity contribution is 7.89. The molecule has 1 aromatic heterocycles. The van der Waals surface area contributed by atoms with Crippen LogP contribution in [0.5, 0.6) is 0 Å². The first-order valence-corrected chi connectivity index (χ1v) is 12.6. The van der Waals surface area contributed by atoms with Gasteiger partial charge in [0.25, 0.3) is 11.6 Å². The predicted octanol–water partition coefficient (Wildman–Crippen LogP) is 2.89. The standard InChI is InChI=1S/C23H22N4O7S2/c1-4-12-25(13-5-2)36(32,33)18-9-6-16(7-10-18)22(29)24-23-26(15-21(28)34-3)19-11-8-17(27(30)31)14-20(19)35-23/h4-11,14H,1-2,12-13,15H2,3H3. The molecule has 0 aliphatic rings. The number of non-ortho nitro benzene ring substituents is 1. The van der Waals surface area contributed by atoms with E-state index in [1.807, 2.05) is 0 Å². The van der Waals surface area contributed by atoms with Gasteiger partial charge in [0.2, 0.25) is 10.0 Å². The molecule has 3 rings (SSSR count). The van der Waals surface area contributed by atoms with Crippen LogP contribution in [0.4, 0.5) is 5.69 Å². The average Bonchev–Trinajstić information content (AvgIpc) is 3.19. The lowest BCUT2D eigenvalue weighted by Gasteiger charge is -2.19. The summed E-state index contributed by atoms with van der Waals surface area (Å²) in [6.07, 6.45) is 2.92. The third-order valence-corrected chi connectivity index (χ3v) is 7.88. The summed E-state index contributed by atoms with van der Waals surface area (Å²) in [5, 5.41) is 11.1. The van der Waals surface area contributed by atoms with E-state index in [1.54, 1.807) is 0 Å². The van der Waals surface area contributed by atoms with E-state index in [9.17, 15) is 28.1 Å². The molecule has 0 saturated heterocycles. The highest BCUT2D eigenvalue weighted by atomic mass is 32.2. The van der Waals surface area contributed by atoms with Crippen molar-refractivity contribution in [2.75, 3.05) is 20.2 Å². The van der Waals surface area contributed by atoms with Gasteiger partial charge in [-0.3, -0.25) is 19.7 Å². The van der Waals surface area contributed by atoms with Crippen molar-refractivity contribution in [3.05, 3.63) is 88.3 Å². The van der Waals surface area contributed by atoms with Crippen molar-refractivity contribution in [2.45, 2.75) is 11.4 Å². The van der Waals surface area contributed by atoms with E-state index >= 15 is 0 Å². The number of hydrogen-bond acceptors (Lipinski definition) is 8. The number of nitro benzene ring substituents is 1. The first-order valence-electron chi connectivity index (χ1n) is 10.4. The number of carbonyl (C=O) groups is 2. The third kappa shape index (κ3) is 5.64. The molecule has 36 heavy (non-hydrogen) atoms. The van der Waals surface area contributed by atoms with E-state index in [4.69, 9.17) is 4.74 Å². The highest BCUT2D eigenvalue weighted by Crippen LogP contribution is 2.23. The summed E-state index contributed by atoms with van der Waals surface area (Å²) >= 11 is 0.995. The molecule has 1 amide bonds. The summed E-state index contributed by atoms with van der Waals surface area (Å²) < 4.78 is 33.5. The van der Waals surface area contributed by atoms with Gasteiger partial charge in [-0.25, -0.2) is 8.42 Å². The summed E-state index contributed by atoms with van der Waals surface area (Å²) in [7, 11) is -2.62. The molecule has 2 aromatic carbocycles. The van der Waals surface area contributed by atoms with Crippen LogP contribution in [0.3, 0.4) is 0 Å². The number of aromatic nitrogens is 1. The number of thiazole rings is 1. The molecule has 0 aliphatic carbocycles. The van der Waals surface area contributed by atoms with Crippen LogP contribution < -0.4 is 4.80 Å². The SMILES string of the molecule is C=CCN(CC=C)S(=O)(=O)c1ccc(C(=O)N=c2sc3cc([N+](=O)[O-])ccc3n2CC(=O)OC)cc1. The third-order valence-electron chi connectivity index (χ3n) is 4.99. The minimum absolute atomic E-state index is 0.0160. The van der Waals surface area contributed by atoms with Crippen molar-refractivity contribution in [2.24, 2.45) is 4.99 Å². The van der Waals surface area contributed by atoms with Crippen molar-refractivity contribution >= 4 is 49.1 Å². The van der Waals surface area contributed by atoms with Gasteiger partial charge in [-0.15, -0.1) is 13.2 Å². The molecule has 188 valence electrons. The zero-order valence-corrected chi connectivity index (χ0v) is 20.8. The molecule has 0 aliphatic heterocycles. The van der Waals surface area contributed by atoms with Crippen LogP contribution in [0.1, 0.15) is 10.4 Å². The number of carbonyl (C=O) groups excluding carboxylic acids is 2. The Morgan fingerprint density at radius 2 is 1.81 bits per heavy atom. The second kappa shape index (κ2) is 11.2. The van der Waals surface area contributed by atoms with E-state index in [1.165, 1.54) is 70.6 Å². The maximum absolute atomic E-state index is 12.9. The fourth-order valence-electron chi connectivity index (χ4n) is 3.24. The quantitative estimate of drug-likeness (QED) is 0.170. The van der Waals surface area contributed by atoms with Crippen LogP contribution in [0.25, 0.3) is 10.2 Å². The lowest BCUT2D eigenvalue weighted by atomic mass is 10.2. The van der Waals surface area contributed by atoms with Crippen LogP contribution in [-0.2, 0) is 26.1 Å². The molecule has 0 N–H and O–H groups in total. The second-order valence-corrected chi connectivity index (χ2v) is 10.2. The lowest BCUT2D eigenvalue weighted by Crippen LogP contribution is -2.31. The smallest absolute Gasteiger partial charge is 0.325 e. The Balaban J connectivity index is 2.02. The molecule has 3 aromatic rings. The monoisotopic (exact) mass is 530 g/mol. The average molecular weight is 531 g/mol. The Hall–Kier alpha value is -3.94. The fraction of sp³-hybridized carbons (Fsp3) is 0.174. The summed E-state index contributed by atoms with van der Waals surface area (Å²) in [4.78, 5) is 39.6. The number of nitro groups is 1. The molecule has 0 atom stereocenters. The normalized spacial score (nSPS) is 12.0. The van der Waals surface area contributed by atoms with Crippen molar-refractivity contribution in [1.82, 2.24) is 8.87 Å². The van der Waals surface area contributed by atoms with Gasteiger partial charge < -0.3 is 9.30 Å². The maximum atomic E-state index is 12.9. The highest BCUT2D eigenvalue weighted by Gasteiger charge is 2.23. The number of hydrogen-bond donors (Lipinski definition) is 0. The van der Waals surface area contributed by atoms with Gasteiger partial charge >= 0.3 is 5.97 Å². The van der Waals surface area contributed by atoms with Gasteiger partial charge in [0.05, 0.1) is 27.1 Å². The van der Waals surface area contributed by atoms with E-state index in [-0.39, 0.29) is 40.6 Å². The van der Waals surface area contributed by atoms with Gasteiger partial charge in [0, 0.05) is 30.8 Å². The number of nitrogens with zero attached hydrogens (tertiary/aromatic N) is 4. The first-order chi connectivity index (χ1) is 17.1. The van der Waals surface area contributed by atoms with E-state index in [0.29, 0.717) is 10.2 Å². The molecular formula is C23H22N4O7S2. The van der Waals surface area contributed by atoms with Crippen LogP contribution in [0.15, 0.2) is 77.7 Å². The van der Waals surface area contributed by atoms with E-state index in [0.717, 1.165) is 11.3 Å². The maximum Gasteiger partial charge on any atom is 0.325 e. The van der Waals surface area contributed by atoms with Crippen LogP contribution in [-0.4, -0.2) is 54.3 Å². The van der Waals surface area contributed by atoms with Gasteiger partial charge in [-0.2, -0.15) is 9.30 Å². The molecule has 0 bridgehead atoms. The van der Waals surface area contributed by atoms with Crippen LogP contribution >= 0.6 is 11.3 Å².